The minimum Gasteiger partial charge on any atom is -0.349 e. The predicted octanol–water partition coefficient (Wildman–Crippen LogP) is 6.59. The fourth-order valence-corrected chi connectivity index (χ4v) is 5.09. The lowest BCUT2D eigenvalue weighted by atomic mass is 10.0. The highest BCUT2D eigenvalue weighted by Gasteiger charge is 2.27. The zero-order chi connectivity index (χ0) is 30.3. The molecule has 0 aliphatic heterocycles. The van der Waals surface area contributed by atoms with Gasteiger partial charge in [-0.3, -0.25) is 4.79 Å². The van der Waals surface area contributed by atoms with Crippen molar-refractivity contribution in [2.75, 3.05) is 11.9 Å². The molecule has 0 saturated carbocycles. The number of hydrogen-bond donors (Lipinski definition) is 2. The van der Waals surface area contributed by atoms with Crippen LogP contribution in [0.3, 0.4) is 0 Å². The number of thiocarbonyl (C=S) groups is 1. The van der Waals surface area contributed by atoms with Crippen molar-refractivity contribution >= 4 is 52.1 Å². The van der Waals surface area contributed by atoms with Gasteiger partial charge in [0.1, 0.15) is 5.82 Å². The lowest BCUT2D eigenvalue weighted by Gasteiger charge is -2.35. The van der Waals surface area contributed by atoms with Crippen molar-refractivity contribution in [1.82, 2.24) is 19.8 Å². The van der Waals surface area contributed by atoms with Crippen molar-refractivity contribution in [2.24, 2.45) is 0 Å². The first-order chi connectivity index (χ1) is 20.0. The van der Waals surface area contributed by atoms with E-state index in [4.69, 9.17) is 40.7 Å². The molecule has 0 atom stereocenters. The maximum absolute atomic E-state index is 13.8. The summed E-state index contributed by atoms with van der Waals surface area (Å²) >= 11 is 18.5. The van der Waals surface area contributed by atoms with Gasteiger partial charge in [-0.1, -0.05) is 53.5 Å². The fourth-order valence-electron chi connectivity index (χ4n) is 4.47. The summed E-state index contributed by atoms with van der Waals surface area (Å²) in [6.45, 7) is 4.93. The van der Waals surface area contributed by atoms with Crippen LogP contribution in [-0.2, 0) is 24.3 Å². The quantitative estimate of drug-likeness (QED) is 0.194. The predicted molar refractivity (Wildman–Crippen MR) is 168 cm³/mol. The van der Waals surface area contributed by atoms with Crippen LogP contribution in [0.1, 0.15) is 36.2 Å². The van der Waals surface area contributed by atoms with Crippen LogP contribution in [0, 0.1) is 17.1 Å². The molecule has 0 saturated heterocycles. The minimum absolute atomic E-state index is 0.117. The van der Waals surface area contributed by atoms with Crippen LogP contribution in [0.2, 0.25) is 10.0 Å². The average molecular weight is 624 g/mol. The number of imidazole rings is 1. The molecule has 11 heteroatoms. The summed E-state index contributed by atoms with van der Waals surface area (Å²) < 4.78 is 15.7. The Morgan fingerprint density at radius 3 is 2.60 bits per heavy atom. The van der Waals surface area contributed by atoms with Gasteiger partial charge in [-0.05, 0) is 73.6 Å². The van der Waals surface area contributed by atoms with Gasteiger partial charge in [0.2, 0.25) is 5.91 Å². The molecule has 0 aliphatic carbocycles. The van der Waals surface area contributed by atoms with Crippen molar-refractivity contribution in [3.63, 3.8) is 0 Å². The Morgan fingerprint density at radius 1 is 1.14 bits per heavy atom. The highest BCUT2D eigenvalue weighted by Crippen LogP contribution is 2.27. The van der Waals surface area contributed by atoms with E-state index < -0.39 is 11.4 Å². The number of anilines is 1. The first kappa shape index (κ1) is 31.0. The number of amides is 1. The molecule has 1 aromatic heterocycles. The summed E-state index contributed by atoms with van der Waals surface area (Å²) in [5.74, 6) is -0.579. The van der Waals surface area contributed by atoms with Crippen LogP contribution >= 0.6 is 35.4 Å². The SMILES string of the molecule is CC(C)(CN(Cc1cccc(Cl)c1Cl)C(=S)Nc1cccc(F)c1)NC(=O)Cc1cncn1Cc1ccc(C#N)cc1. The molecule has 7 nitrogen and oxygen atoms in total. The Balaban J connectivity index is 1.46. The van der Waals surface area contributed by atoms with Gasteiger partial charge in [0.05, 0.1) is 40.0 Å². The zero-order valence-electron chi connectivity index (χ0n) is 23.1. The van der Waals surface area contributed by atoms with Gasteiger partial charge in [0.15, 0.2) is 5.11 Å². The van der Waals surface area contributed by atoms with Gasteiger partial charge in [0, 0.05) is 37.2 Å². The largest absolute Gasteiger partial charge is 0.349 e. The molecular weight excluding hydrogens is 594 g/mol. The molecule has 42 heavy (non-hydrogen) atoms. The molecule has 0 bridgehead atoms. The number of carbonyl (C=O) groups excluding carboxylic acids is 1. The van der Waals surface area contributed by atoms with Gasteiger partial charge in [-0.25, -0.2) is 9.37 Å². The molecule has 0 aliphatic rings. The number of rotatable bonds is 10. The van der Waals surface area contributed by atoms with E-state index in [0.29, 0.717) is 46.0 Å². The maximum atomic E-state index is 13.8. The van der Waals surface area contributed by atoms with E-state index in [2.05, 4.69) is 21.7 Å². The number of nitriles is 1. The first-order valence-electron chi connectivity index (χ1n) is 13.1. The van der Waals surface area contributed by atoms with Crippen molar-refractivity contribution < 1.29 is 9.18 Å². The average Bonchev–Trinajstić information content (AvgIpc) is 3.36. The van der Waals surface area contributed by atoms with Crippen LogP contribution in [0.15, 0.2) is 79.3 Å². The first-order valence-corrected chi connectivity index (χ1v) is 14.2. The standard InChI is InChI=1S/C31H29Cl2FN6OS/c1-31(2,38-28(41)14-26-16-36-20-40(26)17-22-11-9-21(15-35)10-12-22)19-39(18-23-5-3-8-27(32)29(23)33)30(42)37-25-7-4-6-24(34)13-25/h3-13,16,20H,14,17-19H2,1-2H3,(H,37,42)(H,38,41). The monoisotopic (exact) mass is 622 g/mol. The van der Waals surface area contributed by atoms with Crippen LogP contribution < -0.4 is 10.6 Å². The molecule has 4 aromatic rings. The number of carbonyl (C=O) groups is 1. The van der Waals surface area contributed by atoms with E-state index >= 15 is 0 Å². The number of nitrogens with one attached hydrogen (secondary N) is 2. The van der Waals surface area contributed by atoms with E-state index in [1.807, 2.05) is 41.5 Å². The van der Waals surface area contributed by atoms with Crippen LogP contribution in [0.4, 0.5) is 10.1 Å². The van der Waals surface area contributed by atoms with Gasteiger partial charge in [-0.2, -0.15) is 5.26 Å². The molecule has 0 radical (unpaired) electrons. The third kappa shape index (κ3) is 8.52. The molecule has 4 rings (SSSR count). The Hall–Kier alpha value is -3.97. The van der Waals surface area contributed by atoms with Gasteiger partial charge in [0.25, 0.3) is 0 Å². The summed E-state index contributed by atoms with van der Waals surface area (Å²) in [5, 5.41) is 16.4. The zero-order valence-corrected chi connectivity index (χ0v) is 25.4. The molecular formula is C31H29Cl2FN6OS. The Morgan fingerprint density at radius 2 is 1.88 bits per heavy atom. The molecule has 1 heterocycles. The van der Waals surface area contributed by atoms with E-state index in [1.54, 1.807) is 48.9 Å². The Kier molecular flexibility index (Phi) is 10.2. The summed E-state index contributed by atoms with van der Waals surface area (Å²) in [6, 6.07) is 20.8. The van der Waals surface area contributed by atoms with Crippen LogP contribution in [0.25, 0.3) is 0 Å². The van der Waals surface area contributed by atoms with Gasteiger partial charge < -0.3 is 20.1 Å². The van der Waals surface area contributed by atoms with Gasteiger partial charge >= 0.3 is 0 Å². The molecule has 216 valence electrons. The fraction of sp³-hybridized carbons (Fsp3) is 0.226. The number of nitrogens with zero attached hydrogens (tertiary/aromatic N) is 4. The molecule has 2 N–H and O–H groups in total. The topological polar surface area (TPSA) is 86.0 Å². The number of aromatic nitrogens is 2. The summed E-state index contributed by atoms with van der Waals surface area (Å²) in [5.41, 5.74) is 2.85. The highest BCUT2D eigenvalue weighted by molar-refractivity contribution is 7.80. The third-order valence-corrected chi connectivity index (χ3v) is 7.61. The summed E-state index contributed by atoms with van der Waals surface area (Å²) in [4.78, 5) is 19.3. The number of halogens is 3. The molecule has 0 spiro atoms. The third-order valence-electron chi connectivity index (χ3n) is 6.40. The van der Waals surface area contributed by atoms with Crippen molar-refractivity contribution in [1.29, 1.82) is 5.26 Å². The summed E-state index contributed by atoms with van der Waals surface area (Å²) in [7, 11) is 0. The van der Waals surface area contributed by atoms with Crippen LogP contribution in [0.5, 0.6) is 0 Å². The van der Waals surface area contributed by atoms with E-state index in [9.17, 15) is 9.18 Å². The maximum Gasteiger partial charge on any atom is 0.226 e. The van der Waals surface area contributed by atoms with Crippen molar-refractivity contribution in [3.8, 4) is 6.07 Å². The normalized spacial score (nSPS) is 11.0. The smallest absolute Gasteiger partial charge is 0.226 e. The van der Waals surface area contributed by atoms with Gasteiger partial charge in [-0.15, -0.1) is 0 Å². The lowest BCUT2D eigenvalue weighted by Crippen LogP contribution is -2.53. The second-order valence-corrected chi connectivity index (χ2v) is 11.6. The van der Waals surface area contributed by atoms with Crippen LogP contribution in [-0.4, -0.2) is 37.6 Å². The van der Waals surface area contributed by atoms with Crippen molar-refractivity contribution in [3.05, 3.63) is 118 Å². The summed E-state index contributed by atoms with van der Waals surface area (Å²) in [6.07, 6.45) is 3.46. The lowest BCUT2D eigenvalue weighted by molar-refractivity contribution is -0.122. The molecule has 1 amide bonds. The Labute approximate surface area is 259 Å². The Bertz CT molecular complexity index is 1620. The van der Waals surface area contributed by atoms with E-state index in [1.165, 1.54) is 12.1 Å². The van der Waals surface area contributed by atoms with E-state index in [0.717, 1.165) is 16.8 Å². The highest BCUT2D eigenvalue weighted by atomic mass is 35.5. The molecule has 3 aromatic carbocycles. The molecule has 0 fully saturated rings. The second kappa shape index (κ2) is 13.8. The molecule has 0 unspecified atom stereocenters. The second-order valence-electron chi connectivity index (χ2n) is 10.4. The van der Waals surface area contributed by atoms with Crippen molar-refractivity contribution in [2.45, 2.75) is 38.9 Å². The number of benzene rings is 3. The minimum atomic E-state index is -0.728. The number of hydrogen-bond acceptors (Lipinski definition) is 4. The van der Waals surface area contributed by atoms with E-state index in [-0.39, 0.29) is 12.3 Å².